The van der Waals surface area contributed by atoms with Crippen LogP contribution in [0.2, 0.25) is 0 Å². The maximum absolute atomic E-state index is 12.7. The van der Waals surface area contributed by atoms with Gasteiger partial charge in [-0.25, -0.2) is 4.79 Å². The largest absolute Gasteiger partial charge is 0.466 e. The highest BCUT2D eigenvalue weighted by molar-refractivity contribution is 5.86. The Morgan fingerprint density at radius 1 is 1.25 bits per heavy atom. The van der Waals surface area contributed by atoms with Gasteiger partial charge in [0.1, 0.15) is 0 Å². The summed E-state index contributed by atoms with van der Waals surface area (Å²) in [6.45, 7) is 1.95. The number of ether oxygens (including phenoxy) is 1. The van der Waals surface area contributed by atoms with Gasteiger partial charge in [-0.15, -0.1) is 0 Å². The molecule has 1 aromatic carbocycles. The molecule has 0 bridgehead atoms. The minimum Gasteiger partial charge on any atom is -0.466 e. The monoisotopic (exact) mass is 393 g/mol. The molecule has 1 atom stereocenters. The van der Waals surface area contributed by atoms with E-state index in [2.05, 4.69) is 14.7 Å². The van der Waals surface area contributed by atoms with Gasteiger partial charge in [0.15, 0.2) is 5.69 Å². The molecular weight excluding hydrogens is 371 g/mol. The fourth-order valence-electron chi connectivity index (χ4n) is 3.40. The van der Waals surface area contributed by atoms with Crippen molar-refractivity contribution in [1.29, 1.82) is 0 Å². The summed E-state index contributed by atoms with van der Waals surface area (Å²) in [5.74, 6) is -0.404. The van der Waals surface area contributed by atoms with Crippen LogP contribution in [0.5, 0.6) is 0 Å². The third kappa shape index (κ3) is 5.01. The van der Waals surface area contributed by atoms with Crippen molar-refractivity contribution in [2.24, 2.45) is 0 Å². The summed E-state index contributed by atoms with van der Waals surface area (Å²) in [6, 6.07) is 9.16. The molecule has 1 aliphatic heterocycles. The zero-order valence-corrected chi connectivity index (χ0v) is 15.5. The van der Waals surface area contributed by atoms with Crippen LogP contribution in [0.1, 0.15) is 35.7 Å². The van der Waals surface area contributed by atoms with E-state index in [0.717, 1.165) is 36.6 Å². The molecule has 1 fully saturated rings. The van der Waals surface area contributed by atoms with Crippen molar-refractivity contribution in [2.75, 3.05) is 20.2 Å². The van der Waals surface area contributed by atoms with Crippen molar-refractivity contribution in [1.82, 2.24) is 14.7 Å². The lowest BCUT2D eigenvalue weighted by Crippen LogP contribution is -2.27. The number of carbonyl (C=O) groups is 1. The number of rotatable bonds is 6. The first kappa shape index (κ1) is 20.1. The van der Waals surface area contributed by atoms with Crippen LogP contribution < -0.4 is 0 Å². The van der Waals surface area contributed by atoms with Crippen molar-refractivity contribution >= 4 is 12.0 Å². The molecule has 0 N–H and O–H groups in total. The van der Waals surface area contributed by atoms with E-state index >= 15 is 0 Å². The number of alkyl halides is 3. The molecule has 1 aromatic heterocycles. The summed E-state index contributed by atoms with van der Waals surface area (Å²) in [7, 11) is 1.33. The normalized spacial score (nSPS) is 18.1. The van der Waals surface area contributed by atoms with E-state index < -0.39 is 17.8 Å². The van der Waals surface area contributed by atoms with Crippen LogP contribution in [0.15, 0.2) is 42.6 Å². The SMILES string of the molecule is COC(=O)C=Cc1ccc(C2CCCN2CCn2ccc(C(F)(F)F)n2)cc1. The Morgan fingerprint density at radius 3 is 2.64 bits per heavy atom. The molecule has 1 unspecified atom stereocenters. The molecule has 0 saturated carbocycles. The molecule has 150 valence electrons. The van der Waals surface area contributed by atoms with Gasteiger partial charge in [-0.2, -0.15) is 18.3 Å². The Bertz CT molecular complexity index is 828. The van der Waals surface area contributed by atoms with E-state index in [-0.39, 0.29) is 6.04 Å². The smallest absolute Gasteiger partial charge is 0.435 e. The predicted molar refractivity (Wildman–Crippen MR) is 98.3 cm³/mol. The Morgan fingerprint density at radius 2 is 2.00 bits per heavy atom. The molecule has 28 heavy (non-hydrogen) atoms. The number of methoxy groups -OCH3 is 1. The Hall–Kier alpha value is -2.61. The van der Waals surface area contributed by atoms with Crippen LogP contribution in [-0.2, 0) is 22.3 Å². The topological polar surface area (TPSA) is 47.4 Å². The van der Waals surface area contributed by atoms with Crippen LogP contribution in [0.3, 0.4) is 0 Å². The number of esters is 1. The summed E-state index contributed by atoms with van der Waals surface area (Å²) in [6.07, 6.45) is 2.07. The Balaban J connectivity index is 1.60. The molecule has 5 nitrogen and oxygen atoms in total. The molecule has 0 amide bonds. The average molecular weight is 393 g/mol. The van der Waals surface area contributed by atoms with Gasteiger partial charge in [0, 0.05) is 24.9 Å². The quantitative estimate of drug-likeness (QED) is 0.551. The number of halogens is 3. The minimum absolute atomic E-state index is 0.233. The van der Waals surface area contributed by atoms with E-state index in [1.54, 1.807) is 6.08 Å². The van der Waals surface area contributed by atoms with E-state index in [9.17, 15) is 18.0 Å². The van der Waals surface area contributed by atoms with Crippen molar-refractivity contribution in [2.45, 2.75) is 31.6 Å². The van der Waals surface area contributed by atoms with Crippen LogP contribution in [-0.4, -0.2) is 40.8 Å². The third-order valence-corrected chi connectivity index (χ3v) is 4.85. The second-order valence-electron chi connectivity index (χ2n) is 6.68. The van der Waals surface area contributed by atoms with Gasteiger partial charge in [0.05, 0.1) is 13.7 Å². The fourth-order valence-corrected chi connectivity index (χ4v) is 3.40. The lowest BCUT2D eigenvalue weighted by atomic mass is 10.0. The maximum atomic E-state index is 12.7. The van der Waals surface area contributed by atoms with Crippen molar-refractivity contribution in [3.05, 3.63) is 59.4 Å². The number of benzene rings is 1. The van der Waals surface area contributed by atoms with Gasteiger partial charge in [-0.1, -0.05) is 24.3 Å². The Labute approximate surface area is 161 Å². The molecule has 1 saturated heterocycles. The number of hydrogen-bond donors (Lipinski definition) is 0. The summed E-state index contributed by atoms with van der Waals surface area (Å²) < 4.78 is 43.9. The molecule has 3 rings (SSSR count). The number of hydrogen-bond acceptors (Lipinski definition) is 4. The van der Waals surface area contributed by atoms with Gasteiger partial charge in [-0.3, -0.25) is 9.58 Å². The fraction of sp³-hybridized carbons (Fsp3) is 0.400. The molecule has 1 aliphatic rings. The molecule has 0 aliphatic carbocycles. The highest BCUT2D eigenvalue weighted by Gasteiger charge is 2.33. The number of nitrogens with zero attached hydrogens (tertiary/aromatic N) is 3. The third-order valence-electron chi connectivity index (χ3n) is 4.85. The van der Waals surface area contributed by atoms with Gasteiger partial charge < -0.3 is 4.74 Å². The zero-order chi connectivity index (χ0) is 20.1. The predicted octanol–water partition coefficient (Wildman–Crippen LogP) is 3.93. The molecular formula is C20H22F3N3O2. The minimum atomic E-state index is -4.41. The van der Waals surface area contributed by atoms with Crippen LogP contribution in [0.4, 0.5) is 13.2 Å². The number of aromatic nitrogens is 2. The highest BCUT2D eigenvalue weighted by Crippen LogP contribution is 2.32. The summed E-state index contributed by atoms with van der Waals surface area (Å²) in [5, 5.41) is 3.61. The van der Waals surface area contributed by atoms with Crippen molar-refractivity contribution < 1.29 is 22.7 Å². The van der Waals surface area contributed by atoms with Crippen molar-refractivity contribution in [3.63, 3.8) is 0 Å². The van der Waals surface area contributed by atoms with E-state index in [4.69, 9.17) is 0 Å². The molecule has 2 heterocycles. The first-order chi connectivity index (χ1) is 13.4. The van der Waals surface area contributed by atoms with Crippen LogP contribution in [0.25, 0.3) is 6.08 Å². The summed E-state index contributed by atoms with van der Waals surface area (Å²) in [4.78, 5) is 13.4. The average Bonchev–Trinajstić information content (AvgIpc) is 3.33. The first-order valence-electron chi connectivity index (χ1n) is 9.07. The molecule has 0 radical (unpaired) electrons. The Kier molecular flexibility index (Phi) is 6.18. The number of likely N-dealkylation sites (tertiary alicyclic amines) is 1. The van der Waals surface area contributed by atoms with E-state index in [1.807, 2.05) is 24.3 Å². The first-order valence-corrected chi connectivity index (χ1v) is 9.07. The highest BCUT2D eigenvalue weighted by atomic mass is 19.4. The summed E-state index contributed by atoms with van der Waals surface area (Å²) in [5.41, 5.74) is 1.19. The van der Waals surface area contributed by atoms with Crippen molar-refractivity contribution in [3.8, 4) is 0 Å². The number of carbonyl (C=O) groups excluding carboxylic acids is 1. The summed E-state index contributed by atoms with van der Waals surface area (Å²) >= 11 is 0. The van der Waals surface area contributed by atoms with E-state index in [1.165, 1.54) is 24.1 Å². The van der Waals surface area contributed by atoms with Gasteiger partial charge in [0.25, 0.3) is 0 Å². The van der Waals surface area contributed by atoms with Gasteiger partial charge in [0.2, 0.25) is 0 Å². The molecule has 0 spiro atoms. The van der Waals surface area contributed by atoms with Crippen LogP contribution >= 0.6 is 0 Å². The maximum Gasteiger partial charge on any atom is 0.435 e. The zero-order valence-electron chi connectivity index (χ0n) is 15.5. The molecule has 8 heteroatoms. The molecule has 2 aromatic rings. The lowest BCUT2D eigenvalue weighted by molar-refractivity contribution is -0.141. The van der Waals surface area contributed by atoms with Gasteiger partial charge >= 0.3 is 12.1 Å². The van der Waals surface area contributed by atoms with Gasteiger partial charge in [-0.05, 0) is 42.7 Å². The van der Waals surface area contributed by atoms with E-state index in [0.29, 0.717) is 13.1 Å². The van der Waals surface area contributed by atoms with Crippen LogP contribution in [0, 0.1) is 0 Å². The lowest BCUT2D eigenvalue weighted by Gasteiger charge is -2.25. The second-order valence-corrected chi connectivity index (χ2v) is 6.68. The second kappa shape index (κ2) is 8.60. The standard InChI is InChI=1S/C20H22F3N3O2/c1-28-19(27)9-6-15-4-7-16(8-5-15)17-3-2-11-25(17)13-14-26-12-10-18(24-26)20(21,22)23/h4-10,12,17H,2-3,11,13-14H2,1H3.